The number of nitrogens with zero attached hydrogens (tertiary/aromatic N) is 3. The standard InChI is InChI=1S/C10H21N5O4S/c1-8(9(16)12-10(11)17)14-4-6-15(7-5-14)20(18,19)13(2)3/h8H,4-7H2,1-3H3,(H3,11,12,16,17). The van der Waals surface area contributed by atoms with Crippen molar-refractivity contribution in [1.29, 1.82) is 0 Å². The maximum Gasteiger partial charge on any atom is 0.318 e. The summed E-state index contributed by atoms with van der Waals surface area (Å²) in [6.45, 7) is 3.08. The molecule has 1 unspecified atom stereocenters. The van der Waals surface area contributed by atoms with Crippen molar-refractivity contribution in [3.8, 4) is 0 Å². The van der Waals surface area contributed by atoms with E-state index >= 15 is 0 Å². The number of nitrogens with one attached hydrogen (secondary N) is 1. The van der Waals surface area contributed by atoms with Crippen LogP contribution in [0.1, 0.15) is 6.92 Å². The first-order chi connectivity index (χ1) is 9.16. The highest BCUT2D eigenvalue weighted by Crippen LogP contribution is 2.11. The van der Waals surface area contributed by atoms with Gasteiger partial charge in [0, 0.05) is 40.3 Å². The Balaban J connectivity index is 2.58. The second-order valence-corrected chi connectivity index (χ2v) is 6.90. The SMILES string of the molecule is CC(C(=O)NC(N)=O)N1CCN(S(=O)(=O)N(C)C)CC1. The molecule has 1 fully saturated rings. The zero-order chi connectivity index (χ0) is 15.5. The van der Waals surface area contributed by atoms with Gasteiger partial charge in [0.15, 0.2) is 0 Å². The van der Waals surface area contributed by atoms with Crippen molar-refractivity contribution >= 4 is 22.1 Å². The number of piperazine rings is 1. The minimum atomic E-state index is -3.42. The third kappa shape index (κ3) is 3.88. The molecule has 3 N–H and O–H groups in total. The summed E-state index contributed by atoms with van der Waals surface area (Å²) in [5.41, 5.74) is 4.89. The molecule has 1 aliphatic rings. The van der Waals surface area contributed by atoms with Crippen molar-refractivity contribution < 1.29 is 18.0 Å². The molecule has 20 heavy (non-hydrogen) atoms. The summed E-state index contributed by atoms with van der Waals surface area (Å²) in [5, 5.41) is 2.02. The van der Waals surface area contributed by atoms with Crippen LogP contribution < -0.4 is 11.1 Å². The van der Waals surface area contributed by atoms with Crippen LogP contribution in [0.5, 0.6) is 0 Å². The number of nitrogens with two attached hydrogens (primary N) is 1. The van der Waals surface area contributed by atoms with Gasteiger partial charge in [0.05, 0.1) is 6.04 Å². The summed E-state index contributed by atoms with van der Waals surface area (Å²) in [5.74, 6) is -0.485. The lowest BCUT2D eigenvalue weighted by Gasteiger charge is -2.37. The molecule has 1 heterocycles. The van der Waals surface area contributed by atoms with Gasteiger partial charge in [-0.1, -0.05) is 0 Å². The average molecular weight is 307 g/mol. The molecule has 0 aromatic carbocycles. The Morgan fingerprint density at radius 1 is 1.20 bits per heavy atom. The second kappa shape index (κ2) is 6.48. The number of hydrogen-bond donors (Lipinski definition) is 2. The summed E-state index contributed by atoms with van der Waals surface area (Å²) in [6, 6.07) is -1.43. The molecule has 0 aliphatic carbocycles. The first-order valence-electron chi connectivity index (χ1n) is 6.18. The molecule has 1 rings (SSSR count). The van der Waals surface area contributed by atoms with E-state index in [4.69, 9.17) is 5.73 Å². The molecule has 0 aromatic heterocycles. The van der Waals surface area contributed by atoms with Gasteiger partial charge < -0.3 is 5.73 Å². The highest BCUT2D eigenvalue weighted by atomic mass is 32.2. The highest BCUT2D eigenvalue weighted by molar-refractivity contribution is 7.86. The molecule has 0 bridgehead atoms. The van der Waals surface area contributed by atoms with Gasteiger partial charge in [-0.3, -0.25) is 15.0 Å². The van der Waals surface area contributed by atoms with Crippen LogP contribution in [-0.4, -0.2) is 80.2 Å². The van der Waals surface area contributed by atoms with Gasteiger partial charge >= 0.3 is 6.03 Å². The van der Waals surface area contributed by atoms with E-state index in [9.17, 15) is 18.0 Å². The highest BCUT2D eigenvalue weighted by Gasteiger charge is 2.32. The minimum absolute atomic E-state index is 0.300. The Morgan fingerprint density at radius 2 is 1.70 bits per heavy atom. The van der Waals surface area contributed by atoms with Gasteiger partial charge in [0.1, 0.15) is 0 Å². The molecule has 10 heteroatoms. The van der Waals surface area contributed by atoms with Crippen molar-refractivity contribution in [2.75, 3.05) is 40.3 Å². The molecule has 116 valence electrons. The Labute approximate surface area is 118 Å². The van der Waals surface area contributed by atoms with E-state index in [0.29, 0.717) is 26.2 Å². The van der Waals surface area contributed by atoms with E-state index < -0.39 is 28.2 Å². The zero-order valence-corrected chi connectivity index (χ0v) is 12.7. The molecule has 9 nitrogen and oxygen atoms in total. The van der Waals surface area contributed by atoms with Crippen LogP contribution in [0.15, 0.2) is 0 Å². The fourth-order valence-electron chi connectivity index (χ4n) is 1.94. The summed E-state index contributed by atoms with van der Waals surface area (Å²) in [6.07, 6.45) is 0. The van der Waals surface area contributed by atoms with Crippen LogP contribution in [0.3, 0.4) is 0 Å². The number of imide groups is 1. The lowest BCUT2D eigenvalue weighted by molar-refractivity contribution is -0.125. The van der Waals surface area contributed by atoms with E-state index in [-0.39, 0.29) is 0 Å². The van der Waals surface area contributed by atoms with E-state index in [1.807, 2.05) is 5.32 Å². The van der Waals surface area contributed by atoms with Crippen molar-refractivity contribution in [1.82, 2.24) is 18.8 Å². The van der Waals surface area contributed by atoms with E-state index in [2.05, 4.69) is 0 Å². The monoisotopic (exact) mass is 307 g/mol. The number of hydrogen-bond acceptors (Lipinski definition) is 5. The number of carbonyl (C=O) groups excluding carboxylic acids is 2. The van der Waals surface area contributed by atoms with Crippen LogP contribution in [0, 0.1) is 0 Å². The molecule has 3 amide bonds. The Bertz CT molecular complexity index is 470. The lowest BCUT2D eigenvalue weighted by atomic mass is 10.2. The van der Waals surface area contributed by atoms with Crippen molar-refractivity contribution in [2.45, 2.75) is 13.0 Å². The van der Waals surface area contributed by atoms with Crippen molar-refractivity contribution in [3.05, 3.63) is 0 Å². The zero-order valence-electron chi connectivity index (χ0n) is 11.9. The fraction of sp³-hybridized carbons (Fsp3) is 0.800. The molecule has 1 saturated heterocycles. The maximum atomic E-state index is 11.9. The predicted molar refractivity (Wildman–Crippen MR) is 72.9 cm³/mol. The number of carbonyl (C=O) groups is 2. The van der Waals surface area contributed by atoms with Crippen molar-refractivity contribution in [2.24, 2.45) is 5.73 Å². The summed E-state index contributed by atoms with van der Waals surface area (Å²) >= 11 is 0. The predicted octanol–water partition coefficient (Wildman–Crippen LogP) is -2.01. The molecule has 0 spiro atoms. The summed E-state index contributed by atoms with van der Waals surface area (Å²) in [7, 11) is -0.469. The Morgan fingerprint density at radius 3 is 2.10 bits per heavy atom. The third-order valence-corrected chi connectivity index (χ3v) is 5.18. The van der Waals surface area contributed by atoms with Crippen LogP contribution in [0.2, 0.25) is 0 Å². The number of primary amides is 1. The largest absolute Gasteiger partial charge is 0.351 e. The van der Waals surface area contributed by atoms with E-state index in [0.717, 1.165) is 4.31 Å². The molecule has 0 radical (unpaired) electrons. The molecule has 1 aliphatic heterocycles. The van der Waals surface area contributed by atoms with E-state index in [1.165, 1.54) is 18.4 Å². The Kier molecular flexibility index (Phi) is 5.45. The van der Waals surface area contributed by atoms with Gasteiger partial charge in [-0.15, -0.1) is 0 Å². The van der Waals surface area contributed by atoms with Gasteiger partial charge in [-0.2, -0.15) is 17.0 Å². The normalized spacial score (nSPS) is 19.8. The molecule has 1 atom stereocenters. The first-order valence-corrected chi connectivity index (χ1v) is 7.58. The first kappa shape index (κ1) is 16.8. The summed E-state index contributed by atoms with van der Waals surface area (Å²) in [4.78, 5) is 24.1. The van der Waals surface area contributed by atoms with Crippen LogP contribution >= 0.6 is 0 Å². The number of rotatable bonds is 4. The summed E-state index contributed by atoms with van der Waals surface area (Å²) < 4.78 is 26.4. The second-order valence-electron chi connectivity index (χ2n) is 4.75. The minimum Gasteiger partial charge on any atom is -0.351 e. The molecule has 0 aromatic rings. The van der Waals surface area contributed by atoms with Gasteiger partial charge in [0.25, 0.3) is 10.2 Å². The molecule has 0 saturated carbocycles. The van der Waals surface area contributed by atoms with Crippen LogP contribution in [0.25, 0.3) is 0 Å². The number of urea groups is 1. The van der Waals surface area contributed by atoms with Gasteiger partial charge in [0.2, 0.25) is 5.91 Å². The van der Waals surface area contributed by atoms with Crippen LogP contribution in [-0.2, 0) is 15.0 Å². The third-order valence-electron chi connectivity index (χ3n) is 3.23. The smallest absolute Gasteiger partial charge is 0.318 e. The topological polar surface area (TPSA) is 116 Å². The van der Waals surface area contributed by atoms with Crippen LogP contribution in [0.4, 0.5) is 4.79 Å². The van der Waals surface area contributed by atoms with Gasteiger partial charge in [-0.25, -0.2) is 4.79 Å². The maximum absolute atomic E-state index is 11.9. The molecular formula is C10H21N5O4S. The molecular weight excluding hydrogens is 286 g/mol. The Hall–Kier alpha value is -1.23. The van der Waals surface area contributed by atoms with Crippen molar-refractivity contribution in [3.63, 3.8) is 0 Å². The lowest BCUT2D eigenvalue weighted by Crippen LogP contribution is -2.57. The fourth-order valence-corrected chi connectivity index (χ4v) is 3.03. The average Bonchev–Trinajstić information content (AvgIpc) is 2.37. The number of amides is 3. The van der Waals surface area contributed by atoms with Gasteiger partial charge in [-0.05, 0) is 6.92 Å². The van der Waals surface area contributed by atoms with E-state index in [1.54, 1.807) is 11.8 Å². The quantitative estimate of drug-likeness (QED) is 0.623.